The van der Waals surface area contributed by atoms with E-state index in [2.05, 4.69) is 6.58 Å². The summed E-state index contributed by atoms with van der Waals surface area (Å²) in [6, 6.07) is 0. The van der Waals surface area contributed by atoms with Crippen molar-refractivity contribution in [2.75, 3.05) is 0 Å². The molecule has 0 rings (SSSR count). The number of rotatable bonds is 1. The van der Waals surface area contributed by atoms with Gasteiger partial charge in [-0.1, -0.05) is 20.4 Å². The summed E-state index contributed by atoms with van der Waals surface area (Å²) in [6.45, 7) is 10.5. The minimum absolute atomic E-state index is 0.593. The van der Waals surface area contributed by atoms with E-state index in [-0.39, 0.29) is 0 Å². The molecule has 0 aromatic carbocycles. The minimum atomic E-state index is -0.843. The molecule has 8 heavy (non-hydrogen) atoms. The Labute approximate surface area is 51.4 Å². The second-order valence-corrected chi connectivity index (χ2v) is 1.46. The molecule has 50 valence electrons. The van der Waals surface area contributed by atoms with Gasteiger partial charge in [-0.15, -0.1) is 0 Å². The van der Waals surface area contributed by atoms with Crippen molar-refractivity contribution in [3.63, 3.8) is 0 Å². The standard InChI is InChI=1S/C5H9F.C2H6/c1-4(2)5(3)6;1-2/h5H,1H2,2-3H3;1-2H3. The van der Waals surface area contributed by atoms with E-state index in [9.17, 15) is 4.39 Å². The summed E-state index contributed by atoms with van der Waals surface area (Å²) in [6.07, 6.45) is -0.843. The quantitative estimate of drug-likeness (QED) is 0.464. The average Bonchev–Trinajstić information content (AvgIpc) is 1.72. The molecular formula is C7H15F. The third-order valence-electron chi connectivity index (χ3n) is 0.679. The summed E-state index contributed by atoms with van der Waals surface area (Å²) in [4.78, 5) is 0. The fourth-order valence-corrected chi connectivity index (χ4v) is 0. The smallest absolute Gasteiger partial charge is 0.118 e. The molecule has 1 heteroatoms. The van der Waals surface area contributed by atoms with Crippen LogP contribution >= 0.6 is 0 Å². The topological polar surface area (TPSA) is 0 Å². The van der Waals surface area contributed by atoms with Gasteiger partial charge >= 0.3 is 0 Å². The largest absolute Gasteiger partial charge is 0.243 e. The first-order chi connectivity index (χ1) is 3.64. The Morgan fingerprint density at radius 1 is 1.50 bits per heavy atom. The third kappa shape index (κ3) is 9.18. The number of halogens is 1. The molecule has 0 aliphatic rings. The fraction of sp³-hybridized carbons (Fsp3) is 0.714. The molecule has 0 aliphatic carbocycles. The normalized spacial score (nSPS) is 11.1. The van der Waals surface area contributed by atoms with Crippen LogP contribution in [0.3, 0.4) is 0 Å². The number of hydrogen-bond acceptors (Lipinski definition) is 0. The average molecular weight is 118 g/mol. The number of allylic oxidation sites excluding steroid dienone is 1. The van der Waals surface area contributed by atoms with Crippen molar-refractivity contribution < 1.29 is 4.39 Å². The molecule has 0 aromatic heterocycles. The lowest BCUT2D eigenvalue weighted by Gasteiger charge is -1.93. The summed E-state index contributed by atoms with van der Waals surface area (Å²) in [5.74, 6) is 0. The SMILES string of the molecule is C=C(C)C(C)F.CC. The fourth-order valence-electron chi connectivity index (χ4n) is 0. The van der Waals surface area contributed by atoms with E-state index in [1.807, 2.05) is 13.8 Å². The van der Waals surface area contributed by atoms with Gasteiger partial charge < -0.3 is 0 Å². The maximum Gasteiger partial charge on any atom is 0.118 e. The van der Waals surface area contributed by atoms with Gasteiger partial charge in [0.05, 0.1) is 0 Å². The van der Waals surface area contributed by atoms with Gasteiger partial charge in [0.25, 0.3) is 0 Å². The second kappa shape index (κ2) is 6.67. The first-order valence-corrected chi connectivity index (χ1v) is 2.94. The van der Waals surface area contributed by atoms with Crippen LogP contribution in [0.4, 0.5) is 4.39 Å². The van der Waals surface area contributed by atoms with Crippen molar-refractivity contribution in [1.82, 2.24) is 0 Å². The second-order valence-electron chi connectivity index (χ2n) is 1.46. The van der Waals surface area contributed by atoms with E-state index in [1.165, 1.54) is 6.92 Å². The number of alkyl halides is 1. The Hall–Kier alpha value is -0.330. The lowest BCUT2D eigenvalue weighted by molar-refractivity contribution is 0.412. The zero-order valence-electron chi connectivity index (χ0n) is 6.16. The molecule has 0 spiro atoms. The zero-order chi connectivity index (χ0) is 7.15. The van der Waals surface area contributed by atoms with E-state index in [1.54, 1.807) is 6.92 Å². The predicted molar refractivity (Wildman–Crippen MR) is 36.7 cm³/mol. The van der Waals surface area contributed by atoms with Crippen LogP contribution in [-0.4, -0.2) is 6.17 Å². The van der Waals surface area contributed by atoms with Crippen molar-refractivity contribution in [2.24, 2.45) is 0 Å². The van der Waals surface area contributed by atoms with Crippen molar-refractivity contribution in [3.8, 4) is 0 Å². The molecular weight excluding hydrogens is 103 g/mol. The van der Waals surface area contributed by atoms with Crippen molar-refractivity contribution in [2.45, 2.75) is 33.9 Å². The highest BCUT2D eigenvalue weighted by Gasteiger charge is 1.92. The van der Waals surface area contributed by atoms with E-state index in [0.717, 1.165) is 0 Å². The molecule has 0 fully saturated rings. The lowest BCUT2D eigenvalue weighted by atomic mass is 10.2. The van der Waals surface area contributed by atoms with Crippen LogP contribution in [0.1, 0.15) is 27.7 Å². The van der Waals surface area contributed by atoms with Crippen LogP contribution in [0.25, 0.3) is 0 Å². The highest BCUT2D eigenvalue weighted by atomic mass is 19.1. The molecule has 0 radical (unpaired) electrons. The Morgan fingerprint density at radius 2 is 1.62 bits per heavy atom. The molecule has 0 aliphatic heterocycles. The third-order valence-corrected chi connectivity index (χ3v) is 0.679. The molecule has 0 saturated heterocycles. The minimum Gasteiger partial charge on any atom is -0.243 e. The predicted octanol–water partition coefficient (Wildman–Crippen LogP) is 2.95. The zero-order valence-corrected chi connectivity index (χ0v) is 6.16. The van der Waals surface area contributed by atoms with Crippen molar-refractivity contribution in [1.29, 1.82) is 0 Å². The van der Waals surface area contributed by atoms with Gasteiger partial charge in [0.1, 0.15) is 6.17 Å². The summed E-state index contributed by atoms with van der Waals surface area (Å²) in [5.41, 5.74) is 0.593. The van der Waals surface area contributed by atoms with Gasteiger partial charge in [0, 0.05) is 0 Å². The molecule has 1 atom stereocenters. The molecule has 0 nitrogen and oxygen atoms in total. The van der Waals surface area contributed by atoms with Crippen LogP contribution in [0, 0.1) is 0 Å². The molecule has 0 bridgehead atoms. The van der Waals surface area contributed by atoms with Gasteiger partial charge in [-0.3, -0.25) is 0 Å². The Bertz CT molecular complexity index is 55.4. The van der Waals surface area contributed by atoms with Gasteiger partial charge in [0.15, 0.2) is 0 Å². The van der Waals surface area contributed by atoms with Gasteiger partial charge in [-0.05, 0) is 19.4 Å². The molecule has 0 N–H and O–H groups in total. The van der Waals surface area contributed by atoms with Gasteiger partial charge in [-0.2, -0.15) is 0 Å². The van der Waals surface area contributed by atoms with Crippen LogP contribution in [-0.2, 0) is 0 Å². The van der Waals surface area contributed by atoms with Crippen LogP contribution in [0.5, 0.6) is 0 Å². The molecule has 0 aromatic rings. The molecule has 0 amide bonds. The number of hydrogen-bond donors (Lipinski definition) is 0. The Balaban J connectivity index is 0. The van der Waals surface area contributed by atoms with Crippen molar-refractivity contribution >= 4 is 0 Å². The highest BCUT2D eigenvalue weighted by molar-refractivity contribution is 4.93. The van der Waals surface area contributed by atoms with E-state index >= 15 is 0 Å². The maximum atomic E-state index is 11.7. The van der Waals surface area contributed by atoms with E-state index < -0.39 is 6.17 Å². The lowest BCUT2D eigenvalue weighted by Crippen LogP contribution is -1.89. The van der Waals surface area contributed by atoms with E-state index in [0.29, 0.717) is 5.57 Å². The highest BCUT2D eigenvalue weighted by Crippen LogP contribution is 1.98. The van der Waals surface area contributed by atoms with Gasteiger partial charge in [0.2, 0.25) is 0 Å². The first kappa shape index (κ1) is 10.6. The van der Waals surface area contributed by atoms with Crippen molar-refractivity contribution in [3.05, 3.63) is 12.2 Å². The molecule has 0 heterocycles. The molecule has 0 saturated carbocycles. The Kier molecular flexibility index (Phi) is 8.85. The maximum absolute atomic E-state index is 11.7. The Morgan fingerprint density at radius 3 is 1.62 bits per heavy atom. The summed E-state index contributed by atoms with van der Waals surface area (Å²) >= 11 is 0. The summed E-state index contributed by atoms with van der Waals surface area (Å²) < 4.78 is 11.7. The monoisotopic (exact) mass is 118 g/mol. The van der Waals surface area contributed by atoms with Crippen LogP contribution < -0.4 is 0 Å². The molecule has 1 unspecified atom stereocenters. The van der Waals surface area contributed by atoms with Crippen LogP contribution in [0.2, 0.25) is 0 Å². The summed E-state index contributed by atoms with van der Waals surface area (Å²) in [7, 11) is 0. The van der Waals surface area contributed by atoms with E-state index in [4.69, 9.17) is 0 Å². The summed E-state index contributed by atoms with van der Waals surface area (Å²) in [5, 5.41) is 0. The van der Waals surface area contributed by atoms with Gasteiger partial charge in [-0.25, -0.2) is 4.39 Å². The van der Waals surface area contributed by atoms with Crippen LogP contribution in [0.15, 0.2) is 12.2 Å². The first-order valence-electron chi connectivity index (χ1n) is 2.94.